The molecule has 1 saturated heterocycles. The number of aliphatic hydroxyl groups is 1. The SMILES string of the molecule is Cc1ccc(/C=C2\SC(=Nc3ccc4c(C)cc(=O)oc4c3)N(CCO)C2=O)cc1. The molecule has 7 heteroatoms. The summed E-state index contributed by atoms with van der Waals surface area (Å²) in [6, 6.07) is 14.7. The molecule has 3 aromatic rings. The fraction of sp³-hybridized carbons (Fsp3) is 0.174. The van der Waals surface area contributed by atoms with Crippen LogP contribution in [0.4, 0.5) is 5.69 Å². The molecular weight excluding hydrogens is 400 g/mol. The highest BCUT2D eigenvalue weighted by molar-refractivity contribution is 8.18. The van der Waals surface area contributed by atoms with Crippen molar-refractivity contribution in [2.24, 2.45) is 4.99 Å². The minimum Gasteiger partial charge on any atom is -0.423 e. The predicted octanol–water partition coefficient (Wildman–Crippen LogP) is 4.01. The van der Waals surface area contributed by atoms with Gasteiger partial charge in [0.15, 0.2) is 5.17 Å². The number of aliphatic hydroxyl groups excluding tert-OH is 1. The van der Waals surface area contributed by atoms with Gasteiger partial charge < -0.3 is 9.52 Å². The number of carbonyl (C=O) groups excluding carboxylic acids is 1. The summed E-state index contributed by atoms with van der Waals surface area (Å²) in [5, 5.41) is 10.7. The standard InChI is InChI=1S/C23H20N2O4S/c1-14-3-5-16(6-4-14)12-20-22(28)25(9-10-26)23(30-20)24-17-7-8-18-15(2)11-21(27)29-19(18)13-17/h3-8,11-13,26H,9-10H2,1-2H3/b20-12-,24-23?. The number of fused-ring (bicyclic) bond motifs is 1. The van der Waals surface area contributed by atoms with Gasteiger partial charge in [-0.25, -0.2) is 9.79 Å². The lowest BCUT2D eigenvalue weighted by Crippen LogP contribution is -2.31. The Morgan fingerprint density at radius 2 is 1.87 bits per heavy atom. The minimum absolute atomic E-state index is 0.150. The highest BCUT2D eigenvalue weighted by Gasteiger charge is 2.33. The third-order valence-electron chi connectivity index (χ3n) is 4.75. The van der Waals surface area contributed by atoms with Gasteiger partial charge in [-0.2, -0.15) is 0 Å². The molecular formula is C23H20N2O4S. The van der Waals surface area contributed by atoms with Gasteiger partial charge >= 0.3 is 5.63 Å². The lowest BCUT2D eigenvalue weighted by molar-refractivity contribution is -0.122. The summed E-state index contributed by atoms with van der Waals surface area (Å²) in [6.45, 7) is 3.83. The Hall–Kier alpha value is -3.16. The molecule has 1 aliphatic heterocycles. The molecule has 1 aliphatic rings. The number of rotatable bonds is 4. The first-order valence-electron chi connectivity index (χ1n) is 9.47. The molecule has 4 rings (SSSR count). The van der Waals surface area contributed by atoms with Crippen LogP contribution in [0.1, 0.15) is 16.7 Å². The van der Waals surface area contributed by atoms with Crippen molar-refractivity contribution in [3.8, 4) is 0 Å². The van der Waals surface area contributed by atoms with Gasteiger partial charge in [-0.05, 0) is 54.9 Å². The molecule has 1 amide bonds. The Bertz CT molecular complexity index is 1240. The second kappa shape index (κ2) is 8.30. The minimum atomic E-state index is -0.416. The molecule has 152 valence electrons. The third-order valence-corrected chi connectivity index (χ3v) is 5.75. The van der Waals surface area contributed by atoms with E-state index in [1.54, 1.807) is 6.07 Å². The summed E-state index contributed by atoms with van der Waals surface area (Å²) >= 11 is 1.26. The predicted molar refractivity (Wildman–Crippen MR) is 120 cm³/mol. The summed E-state index contributed by atoms with van der Waals surface area (Å²) in [4.78, 5) is 31.1. The van der Waals surface area contributed by atoms with E-state index >= 15 is 0 Å². The number of β-amino-alcohol motifs (C(OH)–C–C–N with tert-alkyl or cyclic N) is 1. The highest BCUT2D eigenvalue weighted by Crippen LogP contribution is 2.34. The quantitative estimate of drug-likeness (QED) is 0.509. The molecule has 0 saturated carbocycles. The zero-order valence-corrected chi connectivity index (χ0v) is 17.4. The van der Waals surface area contributed by atoms with Gasteiger partial charge in [0.25, 0.3) is 5.91 Å². The van der Waals surface area contributed by atoms with E-state index in [0.717, 1.165) is 22.1 Å². The van der Waals surface area contributed by atoms with Crippen molar-refractivity contribution < 1.29 is 14.3 Å². The smallest absolute Gasteiger partial charge is 0.336 e. The van der Waals surface area contributed by atoms with Crippen LogP contribution in [0, 0.1) is 13.8 Å². The molecule has 0 atom stereocenters. The van der Waals surface area contributed by atoms with Crippen LogP contribution in [0.5, 0.6) is 0 Å². The average molecular weight is 420 g/mol. The lowest BCUT2D eigenvalue weighted by atomic mass is 10.1. The van der Waals surface area contributed by atoms with E-state index < -0.39 is 5.63 Å². The van der Waals surface area contributed by atoms with Crippen LogP contribution in [0.3, 0.4) is 0 Å². The fourth-order valence-electron chi connectivity index (χ4n) is 3.20. The van der Waals surface area contributed by atoms with Crippen molar-refractivity contribution in [3.05, 3.63) is 80.5 Å². The maximum atomic E-state index is 12.9. The molecule has 6 nitrogen and oxygen atoms in total. The van der Waals surface area contributed by atoms with Crippen LogP contribution in [0.25, 0.3) is 17.0 Å². The van der Waals surface area contributed by atoms with E-state index in [-0.39, 0.29) is 19.1 Å². The van der Waals surface area contributed by atoms with Gasteiger partial charge in [0.1, 0.15) is 5.58 Å². The number of hydrogen-bond acceptors (Lipinski definition) is 6. The number of aryl methyl sites for hydroxylation is 2. The Balaban J connectivity index is 1.72. The molecule has 1 aromatic heterocycles. The largest absolute Gasteiger partial charge is 0.423 e. The molecule has 2 aromatic carbocycles. The number of amides is 1. The number of nitrogens with zero attached hydrogens (tertiary/aromatic N) is 2. The second-order valence-corrected chi connectivity index (χ2v) is 8.03. The molecule has 30 heavy (non-hydrogen) atoms. The van der Waals surface area contributed by atoms with E-state index in [1.165, 1.54) is 22.7 Å². The Morgan fingerprint density at radius 1 is 1.10 bits per heavy atom. The van der Waals surface area contributed by atoms with Gasteiger partial charge in [0, 0.05) is 17.5 Å². The van der Waals surface area contributed by atoms with Crippen molar-refractivity contribution in [1.29, 1.82) is 0 Å². The summed E-state index contributed by atoms with van der Waals surface area (Å²) in [5.74, 6) is -0.198. The van der Waals surface area contributed by atoms with Crippen LogP contribution in [0.2, 0.25) is 0 Å². The summed E-state index contributed by atoms with van der Waals surface area (Å²) in [5.41, 5.74) is 3.48. The van der Waals surface area contributed by atoms with Crippen molar-refractivity contribution in [1.82, 2.24) is 4.90 Å². The Morgan fingerprint density at radius 3 is 2.60 bits per heavy atom. The molecule has 1 N–H and O–H groups in total. The van der Waals surface area contributed by atoms with Gasteiger partial charge in [-0.3, -0.25) is 9.69 Å². The first kappa shape index (κ1) is 20.1. The number of aliphatic imine (C=N–C) groups is 1. The Labute approximate surface area is 177 Å². The van der Waals surface area contributed by atoms with Gasteiger partial charge in [0.05, 0.1) is 23.7 Å². The lowest BCUT2D eigenvalue weighted by Gasteiger charge is -2.13. The summed E-state index contributed by atoms with van der Waals surface area (Å²) in [6.07, 6.45) is 1.82. The van der Waals surface area contributed by atoms with Crippen LogP contribution in [0.15, 0.2) is 67.6 Å². The first-order chi connectivity index (χ1) is 14.4. The number of thioether (sulfide) groups is 1. The summed E-state index contributed by atoms with van der Waals surface area (Å²) in [7, 11) is 0. The van der Waals surface area contributed by atoms with Crippen molar-refractivity contribution in [3.63, 3.8) is 0 Å². The number of benzene rings is 2. The fourth-order valence-corrected chi connectivity index (χ4v) is 4.22. The highest BCUT2D eigenvalue weighted by atomic mass is 32.2. The molecule has 0 radical (unpaired) electrons. The van der Waals surface area contributed by atoms with E-state index in [9.17, 15) is 14.7 Å². The van der Waals surface area contributed by atoms with E-state index in [4.69, 9.17) is 4.42 Å². The van der Waals surface area contributed by atoms with Crippen LogP contribution >= 0.6 is 11.8 Å². The summed E-state index contributed by atoms with van der Waals surface area (Å²) < 4.78 is 5.29. The number of carbonyl (C=O) groups is 1. The van der Waals surface area contributed by atoms with Gasteiger partial charge in [-0.15, -0.1) is 0 Å². The molecule has 0 unspecified atom stereocenters. The topological polar surface area (TPSA) is 83.1 Å². The van der Waals surface area contributed by atoms with E-state index in [1.807, 2.05) is 56.3 Å². The molecule has 2 heterocycles. The zero-order valence-electron chi connectivity index (χ0n) is 16.6. The van der Waals surface area contributed by atoms with E-state index in [2.05, 4.69) is 4.99 Å². The average Bonchev–Trinajstić information content (AvgIpc) is 2.98. The Kier molecular flexibility index (Phi) is 5.57. The van der Waals surface area contributed by atoms with Crippen molar-refractivity contribution in [2.45, 2.75) is 13.8 Å². The number of hydrogen-bond donors (Lipinski definition) is 1. The van der Waals surface area contributed by atoms with Crippen molar-refractivity contribution in [2.75, 3.05) is 13.2 Å². The first-order valence-corrected chi connectivity index (χ1v) is 10.3. The third kappa shape index (κ3) is 4.08. The van der Waals surface area contributed by atoms with Gasteiger partial charge in [0.2, 0.25) is 0 Å². The monoisotopic (exact) mass is 420 g/mol. The van der Waals surface area contributed by atoms with Crippen LogP contribution < -0.4 is 5.63 Å². The number of amidine groups is 1. The molecule has 0 spiro atoms. The maximum Gasteiger partial charge on any atom is 0.336 e. The second-order valence-electron chi connectivity index (χ2n) is 7.03. The van der Waals surface area contributed by atoms with Crippen LogP contribution in [-0.4, -0.2) is 34.2 Å². The molecule has 0 bridgehead atoms. The zero-order chi connectivity index (χ0) is 21.3. The van der Waals surface area contributed by atoms with E-state index in [0.29, 0.717) is 21.3 Å². The van der Waals surface area contributed by atoms with Crippen LogP contribution in [-0.2, 0) is 4.79 Å². The molecule has 0 aliphatic carbocycles. The molecule has 1 fully saturated rings. The normalized spacial score (nSPS) is 16.9. The maximum absolute atomic E-state index is 12.9. The van der Waals surface area contributed by atoms with Gasteiger partial charge in [-0.1, -0.05) is 29.8 Å². The van der Waals surface area contributed by atoms with Crippen molar-refractivity contribution >= 4 is 45.6 Å².